The van der Waals surface area contributed by atoms with Gasteiger partial charge in [-0.3, -0.25) is 19.1 Å². The molecule has 1 saturated heterocycles. The van der Waals surface area contributed by atoms with E-state index in [1.165, 1.54) is 17.9 Å². The van der Waals surface area contributed by atoms with Gasteiger partial charge in [0.15, 0.2) is 11.0 Å². The molecule has 0 unspecified atom stereocenters. The molecule has 22 heavy (non-hydrogen) atoms. The molecule has 1 aromatic rings. The molecule has 0 spiro atoms. The van der Waals surface area contributed by atoms with E-state index in [1.54, 1.807) is 0 Å². The van der Waals surface area contributed by atoms with Gasteiger partial charge in [0, 0.05) is 11.8 Å². The van der Waals surface area contributed by atoms with Gasteiger partial charge in [-0.05, 0) is 12.2 Å². The predicted octanol–water partition coefficient (Wildman–Crippen LogP) is -1.77. The molecular weight excluding hydrogens is 316 g/mol. The third-order valence-electron chi connectivity index (χ3n) is 3.40. The number of aromatic amines is 1. The lowest BCUT2D eigenvalue weighted by atomic mass is 10.1. The van der Waals surface area contributed by atoms with Crippen LogP contribution in [0.3, 0.4) is 0 Å². The highest BCUT2D eigenvalue weighted by molar-refractivity contribution is 7.71. The van der Waals surface area contributed by atoms with Crippen LogP contribution in [-0.2, 0) is 20.7 Å². The van der Waals surface area contributed by atoms with Crippen molar-refractivity contribution >= 4 is 18.2 Å². The van der Waals surface area contributed by atoms with E-state index in [9.17, 15) is 19.8 Å². The van der Waals surface area contributed by atoms with Crippen LogP contribution in [0.2, 0.25) is 0 Å². The van der Waals surface area contributed by atoms with E-state index >= 15 is 0 Å². The molecule has 9 nitrogen and oxygen atoms in total. The Kier molecular flexibility index (Phi) is 5.08. The molecule has 0 aromatic carbocycles. The molecule has 1 fully saturated rings. The van der Waals surface area contributed by atoms with Crippen LogP contribution in [0.4, 0.5) is 0 Å². The fourth-order valence-electron chi connectivity index (χ4n) is 2.18. The third-order valence-corrected chi connectivity index (χ3v) is 3.71. The van der Waals surface area contributed by atoms with E-state index in [0.717, 1.165) is 0 Å². The number of aliphatic hydroxyl groups excluding tert-OH is 3. The number of rotatable bonds is 4. The fraction of sp³-hybridized carbons (Fsp3) is 0.583. The lowest BCUT2D eigenvalue weighted by Gasteiger charge is -2.19. The minimum atomic E-state index is -1.35. The third kappa shape index (κ3) is 3.10. The second-order valence-corrected chi connectivity index (χ2v) is 5.19. The maximum Gasteiger partial charge on any atom is 0.310 e. The highest BCUT2D eigenvalue weighted by Gasteiger charge is 2.43. The summed E-state index contributed by atoms with van der Waals surface area (Å²) in [5.74, 6) is -0.615. The van der Waals surface area contributed by atoms with Crippen molar-refractivity contribution in [1.82, 2.24) is 9.55 Å². The Morgan fingerprint density at radius 1 is 1.50 bits per heavy atom. The summed E-state index contributed by atoms with van der Waals surface area (Å²) in [6, 6.07) is 0. The van der Waals surface area contributed by atoms with Gasteiger partial charge >= 0.3 is 5.97 Å². The Morgan fingerprint density at radius 3 is 2.73 bits per heavy atom. The van der Waals surface area contributed by atoms with E-state index in [4.69, 9.17) is 22.1 Å². The molecule has 0 radical (unpaired) electrons. The Bertz CT molecular complexity index is 670. The number of hydrogen-bond acceptors (Lipinski definition) is 8. The first-order chi connectivity index (χ1) is 10.4. The van der Waals surface area contributed by atoms with E-state index in [1.807, 2.05) is 0 Å². The van der Waals surface area contributed by atoms with Crippen molar-refractivity contribution in [2.75, 3.05) is 13.7 Å². The number of ether oxygens (including phenoxy) is 2. The lowest BCUT2D eigenvalue weighted by Crippen LogP contribution is -2.33. The number of nitrogens with zero attached hydrogens (tertiary/aromatic N) is 1. The van der Waals surface area contributed by atoms with Gasteiger partial charge in [0.25, 0.3) is 5.56 Å². The molecule has 4 atom stereocenters. The molecule has 4 N–H and O–H groups in total. The highest BCUT2D eigenvalue weighted by Crippen LogP contribution is 2.29. The summed E-state index contributed by atoms with van der Waals surface area (Å²) in [6.07, 6.45) is -3.73. The van der Waals surface area contributed by atoms with Gasteiger partial charge in [0.05, 0.1) is 20.1 Å². The van der Waals surface area contributed by atoms with Crippen molar-refractivity contribution in [3.8, 4) is 0 Å². The largest absolute Gasteiger partial charge is 0.469 e. The molecular formula is C12H16N2O7S. The quantitative estimate of drug-likeness (QED) is 0.376. The molecule has 1 aromatic heterocycles. The summed E-state index contributed by atoms with van der Waals surface area (Å²) in [4.78, 5) is 25.5. The zero-order valence-electron chi connectivity index (χ0n) is 11.6. The predicted molar refractivity (Wildman–Crippen MR) is 74.6 cm³/mol. The summed E-state index contributed by atoms with van der Waals surface area (Å²) in [6.45, 7) is -0.486. The first kappa shape index (κ1) is 16.8. The minimum Gasteiger partial charge on any atom is -0.469 e. The first-order valence-corrected chi connectivity index (χ1v) is 6.83. The zero-order valence-corrected chi connectivity index (χ0v) is 12.4. The number of esters is 1. The van der Waals surface area contributed by atoms with Crippen molar-refractivity contribution in [2.45, 2.75) is 31.0 Å². The zero-order chi connectivity index (χ0) is 16.4. The van der Waals surface area contributed by atoms with Crippen LogP contribution in [0, 0.1) is 4.77 Å². The summed E-state index contributed by atoms with van der Waals surface area (Å²) in [7, 11) is 1.19. The van der Waals surface area contributed by atoms with Gasteiger partial charge in [-0.15, -0.1) is 0 Å². The Balaban J connectivity index is 2.39. The van der Waals surface area contributed by atoms with E-state index in [-0.39, 0.29) is 16.8 Å². The molecule has 0 amide bonds. The van der Waals surface area contributed by atoms with Gasteiger partial charge in [-0.2, -0.15) is 0 Å². The van der Waals surface area contributed by atoms with E-state index in [0.29, 0.717) is 0 Å². The Hall–Kier alpha value is -1.59. The van der Waals surface area contributed by atoms with Gasteiger partial charge in [0.2, 0.25) is 0 Å². The summed E-state index contributed by atoms with van der Waals surface area (Å²) in [5.41, 5.74) is -0.489. The standard InChI is InChI=1S/C12H16N2O7S/c1-20-7(16)2-5-3-14(12(22)13-10(5)19)11-9(18)8(17)6(4-15)21-11/h3,6,8-9,11,15,17-18H,2,4H2,1H3,(H,13,19,22)/t6-,8-,9-,11-/m1/s1. The van der Waals surface area contributed by atoms with Gasteiger partial charge in [0.1, 0.15) is 18.3 Å². The van der Waals surface area contributed by atoms with Crippen LogP contribution in [0.15, 0.2) is 11.0 Å². The normalized spacial score (nSPS) is 27.8. The Labute approximate surface area is 129 Å². The number of hydrogen-bond donors (Lipinski definition) is 4. The maximum atomic E-state index is 11.8. The van der Waals surface area contributed by atoms with Crippen LogP contribution >= 0.6 is 12.2 Å². The molecule has 1 aliphatic heterocycles. The molecule has 2 heterocycles. The van der Waals surface area contributed by atoms with Crippen LogP contribution < -0.4 is 5.56 Å². The minimum absolute atomic E-state index is 0.0477. The summed E-state index contributed by atoms with van der Waals surface area (Å²) >= 11 is 5.00. The number of aromatic nitrogens is 2. The first-order valence-electron chi connectivity index (χ1n) is 6.42. The van der Waals surface area contributed by atoms with Gasteiger partial charge < -0.3 is 24.8 Å². The monoisotopic (exact) mass is 332 g/mol. The maximum absolute atomic E-state index is 11.8. The van der Waals surface area contributed by atoms with Crippen LogP contribution in [0.5, 0.6) is 0 Å². The fourth-order valence-corrected chi connectivity index (χ4v) is 2.43. The second-order valence-electron chi connectivity index (χ2n) is 4.80. The van der Waals surface area contributed by atoms with Crippen molar-refractivity contribution in [1.29, 1.82) is 0 Å². The number of carbonyl (C=O) groups excluding carboxylic acids is 1. The van der Waals surface area contributed by atoms with E-state index < -0.39 is 42.7 Å². The topological polar surface area (TPSA) is 134 Å². The van der Waals surface area contributed by atoms with Crippen molar-refractivity contribution in [3.05, 3.63) is 26.9 Å². The number of aliphatic hydroxyl groups is 3. The van der Waals surface area contributed by atoms with Gasteiger partial charge in [-0.25, -0.2) is 0 Å². The molecule has 0 bridgehead atoms. The SMILES string of the molecule is COC(=O)Cc1cn([C@@H]2O[C@H](CO)[C@@H](O)[C@H]2O)c(=S)[nH]c1=O. The average molecular weight is 332 g/mol. The molecule has 0 aliphatic carbocycles. The number of carbonyl (C=O) groups is 1. The molecule has 10 heteroatoms. The van der Waals surface area contributed by atoms with Crippen LogP contribution in [0.1, 0.15) is 11.8 Å². The van der Waals surface area contributed by atoms with Crippen molar-refractivity contribution < 1.29 is 29.6 Å². The van der Waals surface area contributed by atoms with Crippen molar-refractivity contribution in [2.24, 2.45) is 0 Å². The average Bonchev–Trinajstić information content (AvgIpc) is 2.77. The lowest BCUT2D eigenvalue weighted by molar-refractivity contribution is -0.139. The van der Waals surface area contributed by atoms with Crippen molar-refractivity contribution in [3.63, 3.8) is 0 Å². The number of methoxy groups -OCH3 is 1. The molecule has 1 aliphatic rings. The van der Waals surface area contributed by atoms with Crippen LogP contribution in [-0.4, -0.2) is 62.9 Å². The van der Waals surface area contributed by atoms with Crippen LogP contribution in [0.25, 0.3) is 0 Å². The van der Waals surface area contributed by atoms with Gasteiger partial charge in [-0.1, -0.05) is 0 Å². The number of nitrogens with one attached hydrogen (secondary N) is 1. The second kappa shape index (κ2) is 6.67. The highest BCUT2D eigenvalue weighted by atomic mass is 32.1. The van der Waals surface area contributed by atoms with E-state index in [2.05, 4.69) is 9.72 Å². The summed E-state index contributed by atoms with van der Waals surface area (Å²) < 4.78 is 11.0. The molecule has 122 valence electrons. The summed E-state index contributed by atoms with van der Waals surface area (Å²) in [5, 5.41) is 28.8. The smallest absolute Gasteiger partial charge is 0.310 e. The molecule has 0 saturated carbocycles. The molecule has 2 rings (SSSR count). The Morgan fingerprint density at radius 2 is 2.18 bits per heavy atom. The number of H-pyrrole nitrogens is 1.